The van der Waals surface area contributed by atoms with Crippen LogP contribution < -0.4 is 0 Å². The molecule has 6 nitrogen and oxygen atoms in total. The quantitative estimate of drug-likeness (QED) is 0.856. The Labute approximate surface area is 115 Å². The van der Waals surface area contributed by atoms with E-state index in [2.05, 4.69) is 10.2 Å². The van der Waals surface area contributed by atoms with Crippen LogP contribution in [0, 0.1) is 0 Å². The zero-order chi connectivity index (χ0) is 14.1. The number of aromatic amines is 1. The highest BCUT2D eigenvalue weighted by Crippen LogP contribution is 2.27. The average molecular weight is 273 g/mol. The van der Waals surface area contributed by atoms with Crippen LogP contribution in [0.25, 0.3) is 10.9 Å². The Morgan fingerprint density at radius 3 is 2.80 bits per heavy atom. The van der Waals surface area contributed by atoms with Gasteiger partial charge in [-0.25, -0.2) is 0 Å². The van der Waals surface area contributed by atoms with E-state index < -0.39 is 5.97 Å². The van der Waals surface area contributed by atoms with Crippen molar-refractivity contribution in [2.75, 3.05) is 6.54 Å². The molecule has 1 fully saturated rings. The molecule has 1 aliphatic carbocycles. The summed E-state index contributed by atoms with van der Waals surface area (Å²) in [6.07, 6.45) is 1.94. The van der Waals surface area contributed by atoms with Crippen LogP contribution in [0.1, 0.15) is 18.5 Å². The van der Waals surface area contributed by atoms with Crippen LogP contribution in [0.4, 0.5) is 0 Å². The van der Waals surface area contributed by atoms with Crippen molar-refractivity contribution in [3.05, 3.63) is 30.0 Å². The van der Waals surface area contributed by atoms with Gasteiger partial charge in [-0.3, -0.25) is 14.7 Å². The lowest BCUT2D eigenvalue weighted by atomic mass is 10.1. The Bertz CT molecular complexity index is 660. The van der Waals surface area contributed by atoms with Gasteiger partial charge in [0, 0.05) is 11.4 Å². The first kappa shape index (κ1) is 12.7. The molecule has 1 saturated carbocycles. The topological polar surface area (TPSA) is 86.3 Å². The second-order valence-corrected chi connectivity index (χ2v) is 5.04. The van der Waals surface area contributed by atoms with Gasteiger partial charge in [-0.1, -0.05) is 18.2 Å². The normalized spacial score (nSPS) is 14.4. The van der Waals surface area contributed by atoms with E-state index in [0.29, 0.717) is 0 Å². The van der Waals surface area contributed by atoms with Crippen molar-refractivity contribution in [3.8, 4) is 0 Å². The number of carbonyl (C=O) groups is 2. The molecule has 0 unspecified atom stereocenters. The third kappa shape index (κ3) is 2.49. The zero-order valence-corrected chi connectivity index (χ0v) is 10.9. The van der Waals surface area contributed by atoms with Crippen molar-refractivity contribution in [1.29, 1.82) is 0 Å². The number of fused-ring (bicyclic) bond motifs is 1. The van der Waals surface area contributed by atoms with Gasteiger partial charge in [-0.2, -0.15) is 5.10 Å². The Morgan fingerprint density at radius 1 is 1.35 bits per heavy atom. The van der Waals surface area contributed by atoms with Crippen LogP contribution in [0.5, 0.6) is 0 Å². The van der Waals surface area contributed by atoms with Gasteiger partial charge in [0.2, 0.25) is 5.91 Å². The first-order valence-corrected chi connectivity index (χ1v) is 6.58. The van der Waals surface area contributed by atoms with Crippen molar-refractivity contribution in [1.82, 2.24) is 15.1 Å². The Morgan fingerprint density at radius 2 is 2.10 bits per heavy atom. The maximum Gasteiger partial charge on any atom is 0.323 e. The number of nitrogens with one attached hydrogen (secondary N) is 1. The molecule has 0 atom stereocenters. The van der Waals surface area contributed by atoms with Gasteiger partial charge in [0.05, 0.1) is 17.6 Å². The number of carboxylic acids is 1. The number of carbonyl (C=O) groups excluding carboxylic acids is 1. The minimum Gasteiger partial charge on any atom is -0.480 e. The summed E-state index contributed by atoms with van der Waals surface area (Å²) in [7, 11) is 0. The van der Waals surface area contributed by atoms with E-state index in [-0.39, 0.29) is 24.9 Å². The lowest BCUT2D eigenvalue weighted by Gasteiger charge is -2.19. The first-order chi connectivity index (χ1) is 9.65. The van der Waals surface area contributed by atoms with E-state index >= 15 is 0 Å². The van der Waals surface area contributed by atoms with E-state index in [1.807, 2.05) is 24.3 Å². The summed E-state index contributed by atoms with van der Waals surface area (Å²) in [6.45, 7) is -0.227. The van der Waals surface area contributed by atoms with Crippen LogP contribution in [0.3, 0.4) is 0 Å². The minimum absolute atomic E-state index is 0.0905. The first-order valence-electron chi connectivity index (χ1n) is 6.58. The largest absolute Gasteiger partial charge is 0.480 e. The predicted octanol–water partition coefficient (Wildman–Crippen LogP) is 1.18. The fraction of sp³-hybridized carbons (Fsp3) is 0.357. The number of rotatable bonds is 5. The van der Waals surface area contributed by atoms with E-state index in [9.17, 15) is 9.59 Å². The molecule has 104 valence electrons. The van der Waals surface area contributed by atoms with E-state index in [0.717, 1.165) is 29.4 Å². The summed E-state index contributed by atoms with van der Waals surface area (Å²) in [4.78, 5) is 24.6. The fourth-order valence-electron chi connectivity index (χ4n) is 2.35. The molecule has 1 aromatic heterocycles. The molecule has 0 saturated heterocycles. The summed E-state index contributed by atoms with van der Waals surface area (Å²) in [5.41, 5.74) is 1.55. The molecule has 1 heterocycles. The fourth-order valence-corrected chi connectivity index (χ4v) is 2.35. The Hall–Kier alpha value is -2.37. The lowest BCUT2D eigenvalue weighted by Crippen LogP contribution is -2.38. The summed E-state index contributed by atoms with van der Waals surface area (Å²) in [5, 5.41) is 16.8. The summed E-state index contributed by atoms with van der Waals surface area (Å²) in [5.74, 6) is -1.14. The van der Waals surface area contributed by atoms with Crippen molar-refractivity contribution in [3.63, 3.8) is 0 Å². The molecule has 20 heavy (non-hydrogen) atoms. The number of amides is 1. The molecule has 6 heteroatoms. The number of hydrogen-bond acceptors (Lipinski definition) is 3. The third-order valence-corrected chi connectivity index (χ3v) is 3.48. The van der Waals surface area contributed by atoms with Gasteiger partial charge in [0.25, 0.3) is 0 Å². The maximum absolute atomic E-state index is 12.3. The molecule has 1 amide bonds. The molecule has 1 aromatic carbocycles. The molecule has 0 spiro atoms. The highest BCUT2D eigenvalue weighted by molar-refractivity contribution is 5.88. The van der Waals surface area contributed by atoms with Gasteiger partial charge in [0.15, 0.2) is 0 Å². The standard InChI is InChI=1S/C14H15N3O3/c18-13(17(8-14(19)20)9-5-6-9)7-12-10-3-1-2-4-11(10)15-16-12/h1-4,9H,5-8H2,(H,15,16)(H,19,20). The summed E-state index contributed by atoms with van der Waals surface area (Å²) in [6, 6.07) is 7.64. The monoisotopic (exact) mass is 273 g/mol. The lowest BCUT2D eigenvalue weighted by molar-refractivity contribution is -0.144. The molecule has 0 radical (unpaired) electrons. The van der Waals surface area contributed by atoms with Crippen molar-refractivity contribution >= 4 is 22.8 Å². The van der Waals surface area contributed by atoms with Gasteiger partial charge in [-0.15, -0.1) is 0 Å². The molecule has 0 bridgehead atoms. The Balaban J connectivity index is 1.78. The second kappa shape index (κ2) is 4.96. The number of H-pyrrole nitrogens is 1. The van der Waals surface area contributed by atoms with Crippen LogP contribution in [0.15, 0.2) is 24.3 Å². The van der Waals surface area contributed by atoms with Crippen LogP contribution in [0.2, 0.25) is 0 Å². The summed E-state index contributed by atoms with van der Waals surface area (Å²) < 4.78 is 0. The number of aliphatic carboxylic acids is 1. The predicted molar refractivity (Wildman–Crippen MR) is 72.2 cm³/mol. The minimum atomic E-state index is -0.972. The Kier molecular flexibility index (Phi) is 3.14. The number of hydrogen-bond donors (Lipinski definition) is 2. The molecular formula is C14H15N3O3. The zero-order valence-electron chi connectivity index (χ0n) is 10.9. The van der Waals surface area contributed by atoms with Gasteiger partial charge in [0.1, 0.15) is 6.54 Å². The highest BCUT2D eigenvalue weighted by Gasteiger charge is 2.33. The smallest absolute Gasteiger partial charge is 0.323 e. The van der Waals surface area contributed by atoms with E-state index in [1.165, 1.54) is 4.90 Å². The van der Waals surface area contributed by atoms with Gasteiger partial charge in [-0.05, 0) is 18.9 Å². The van der Waals surface area contributed by atoms with Gasteiger partial charge >= 0.3 is 5.97 Å². The van der Waals surface area contributed by atoms with Crippen molar-refractivity contribution < 1.29 is 14.7 Å². The van der Waals surface area contributed by atoms with Crippen LogP contribution >= 0.6 is 0 Å². The number of para-hydroxylation sites is 1. The maximum atomic E-state index is 12.3. The SMILES string of the molecule is O=C(O)CN(C(=O)Cc1[nH]nc2ccccc12)C1CC1. The molecule has 0 aliphatic heterocycles. The number of aromatic nitrogens is 2. The highest BCUT2D eigenvalue weighted by atomic mass is 16.4. The molecular weight excluding hydrogens is 258 g/mol. The van der Waals surface area contributed by atoms with E-state index in [4.69, 9.17) is 5.11 Å². The molecule has 1 aliphatic rings. The van der Waals surface area contributed by atoms with Crippen LogP contribution in [-0.4, -0.2) is 44.7 Å². The number of benzene rings is 1. The average Bonchev–Trinajstić information content (AvgIpc) is 3.19. The molecule has 2 N–H and O–H groups in total. The second-order valence-electron chi connectivity index (χ2n) is 5.04. The number of nitrogens with zero attached hydrogens (tertiary/aromatic N) is 2. The van der Waals surface area contributed by atoms with Crippen molar-refractivity contribution in [2.45, 2.75) is 25.3 Å². The van der Waals surface area contributed by atoms with Crippen molar-refractivity contribution in [2.24, 2.45) is 0 Å². The molecule has 2 aromatic rings. The van der Waals surface area contributed by atoms with E-state index in [1.54, 1.807) is 0 Å². The van der Waals surface area contributed by atoms with Crippen LogP contribution in [-0.2, 0) is 16.0 Å². The van der Waals surface area contributed by atoms with Gasteiger partial charge < -0.3 is 10.0 Å². The summed E-state index contributed by atoms with van der Waals surface area (Å²) >= 11 is 0. The third-order valence-electron chi connectivity index (χ3n) is 3.48. The molecule has 3 rings (SSSR count). The number of carboxylic acid groups (broad SMARTS) is 1.